The maximum Gasteiger partial charge on any atom is 0.490 e. The predicted octanol–water partition coefficient (Wildman–Crippen LogP) is 2.76. The van der Waals surface area contributed by atoms with Crippen molar-refractivity contribution < 1.29 is 37.3 Å². The van der Waals surface area contributed by atoms with Crippen molar-refractivity contribution in [1.82, 2.24) is 14.9 Å². The number of carbonyl (C=O) groups is 2. The second-order valence-electron chi connectivity index (χ2n) is 6.85. The smallest absolute Gasteiger partial charge is 0.475 e. The summed E-state index contributed by atoms with van der Waals surface area (Å²) < 4.78 is 43.7. The molecule has 2 saturated heterocycles. The molecule has 1 N–H and O–H groups in total. The quantitative estimate of drug-likeness (QED) is 0.750. The average molecular weight is 459 g/mol. The molecule has 0 aromatic carbocycles. The summed E-state index contributed by atoms with van der Waals surface area (Å²) in [5, 5.41) is 8.92. The zero-order chi connectivity index (χ0) is 22.4. The fourth-order valence-corrected chi connectivity index (χ4v) is 3.96. The summed E-state index contributed by atoms with van der Waals surface area (Å²) in [4.78, 5) is 31.9. The molecule has 0 bridgehead atoms. The summed E-state index contributed by atoms with van der Waals surface area (Å²) >= 11 is 1.44. The first-order valence-electron chi connectivity index (χ1n) is 9.39. The molecule has 2 aromatic rings. The monoisotopic (exact) mass is 459 g/mol. The molecule has 0 saturated carbocycles. The number of alkyl halides is 3. The molecule has 0 aliphatic carbocycles. The summed E-state index contributed by atoms with van der Waals surface area (Å²) in [6.07, 6.45) is -1.60. The van der Waals surface area contributed by atoms with Crippen LogP contribution >= 0.6 is 11.3 Å². The number of carboxylic acids is 1. The lowest BCUT2D eigenvalue weighted by atomic mass is 10.0. The molecule has 0 radical (unpaired) electrons. The van der Waals surface area contributed by atoms with Gasteiger partial charge in [-0.2, -0.15) is 13.2 Å². The van der Waals surface area contributed by atoms with Crippen LogP contribution in [-0.4, -0.2) is 69.4 Å². The van der Waals surface area contributed by atoms with Gasteiger partial charge >= 0.3 is 12.1 Å². The van der Waals surface area contributed by atoms with Gasteiger partial charge in [0.2, 0.25) is 0 Å². The number of amides is 1. The van der Waals surface area contributed by atoms with Gasteiger partial charge in [-0.1, -0.05) is 6.07 Å². The highest BCUT2D eigenvalue weighted by atomic mass is 32.1. The minimum Gasteiger partial charge on any atom is -0.475 e. The van der Waals surface area contributed by atoms with Gasteiger partial charge in [-0.05, 0) is 25.0 Å². The standard InChI is InChI=1S/C17H19N3O3S.C2HF3O2/c21-17(13-10-24-11-19-13)20-8-15(16-14(20)5-3-7-22-16)23-9-12-4-1-2-6-18-12;3-2(4,5)1(6)7/h1-2,4,6,10-11,14-16H,3,5,7-9H2;(H,6,7)/t14-,15+,16+;/m1./s1. The van der Waals surface area contributed by atoms with Crippen LogP contribution in [0.15, 0.2) is 35.3 Å². The van der Waals surface area contributed by atoms with E-state index >= 15 is 0 Å². The highest BCUT2D eigenvalue weighted by molar-refractivity contribution is 7.07. The van der Waals surface area contributed by atoms with Crippen molar-refractivity contribution >= 4 is 23.2 Å². The number of rotatable bonds is 4. The molecule has 4 rings (SSSR count). The number of likely N-dealkylation sites (tertiary alicyclic amines) is 1. The molecule has 2 aromatic heterocycles. The summed E-state index contributed by atoms with van der Waals surface area (Å²) in [6, 6.07) is 5.83. The van der Waals surface area contributed by atoms with Crippen molar-refractivity contribution in [2.75, 3.05) is 13.2 Å². The SMILES string of the molecule is O=C(O)C(F)(F)F.O=C(c1cscn1)N1C[C@H](OCc2ccccn2)[C@H]2OCCC[C@H]21. The molecule has 2 fully saturated rings. The van der Waals surface area contributed by atoms with E-state index in [9.17, 15) is 18.0 Å². The van der Waals surface area contributed by atoms with Gasteiger partial charge in [0.1, 0.15) is 17.9 Å². The fraction of sp³-hybridized carbons (Fsp3) is 0.474. The molecule has 3 atom stereocenters. The first kappa shape index (κ1) is 23.1. The maximum atomic E-state index is 12.7. The Kier molecular flexibility index (Phi) is 7.57. The van der Waals surface area contributed by atoms with Crippen LogP contribution in [-0.2, 0) is 20.9 Å². The summed E-state index contributed by atoms with van der Waals surface area (Å²) in [6.45, 7) is 1.69. The molecular weight excluding hydrogens is 439 g/mol. The third-order valence-electron chi connectivity index (χ3n) is 4.80. The number of hydrogen-bond acceptors (Lipinski definition) is 7. The Labute approximate surface area is 179 Å². The first-order valence-corrected chi connectivity index (χ1v) is 10.3. The van der Waals surface area contributed by atoms with E-state index in [1.165, 1.54) is 11.3 Å². The number of aromatic nitrogens is 2. The lowest BCUT2D eigenvalue weighted by molar-refractivity contribution is -0.192. The summed E-state index contributed by atoms with van der Waals surface area (Å²) in [7, 11) is 0. The van der Waals surface area contributed by atoms with Gasteiger partial charge < -0.3 is 19.5 Å². The molecule has 0 unspecified atom stereocenters. The minimum absolute atomic E-state index is 0.0271. The minimum atomic E-state index is -5.08. The largest absolute Gasteiger partial charge is 0.490 e. The average Bonchev–Trinajstić information content (AvgIpc) is 3.41. The second kappa shape index (κ2) is 10.2. The number of halogens is 3. The van der Waals surface area contributed by atoms with E-state index < -0.39 is 12.1 Å². The molecule has 12 heteroatoms. The van der Waals surface area contributed by atoms with E-state index in [2.05, 4.69) is 9.97 Å². The molecular formula is C19H20F3N3O5S. The van der Waals surface area contributed by atoms with Gasteiger partial charge in [0.25, 0.3) is 5.91 Å². The van der Waals surface area contributed by atoms with Crippen molar-refractivity contribution in [2.45, 2.75) is 43.9 Å². The Morgan fingerprint density at radius 3 is 2.71 bits per heavy atom. The third kappa shape index (κ3) is 5.99. The van der Waals surface area contributed by atoms with Crippen molar-refractivity contribution in [3.63, 3.8) is 0 Å². The Bertz CT molecular complexity index is 866. The molecule has 2 aliphatic rings. The van der Waals surface area contributed by atoms with Crippen LogP contribution in [0.4, 0.5) is 13.2 Å². The van der Waals surface area contributed by atoms with Crippen LogP contribution in [0.5, 0.6) is 0 Å². The van der Waals surface area contributed by atoms with Crippen molar-refractivity contribution in [3.05, 3.63) is 46.7 Å². The van der Waals surface area contributed by atoms with Gasteiger partial charge in [0.15, 0.2) is 0 Å². The highest BCUT2D eigenvalue weighted by Crippen LogP contribution is 2.32. The lowest BCUT2D eigenvalue weighted by Crippen LogP contribution is -2.44. The van der Waals surface area contributed by atoms with Crippen LogP contribution in [0.2, 0.25) is 0 Å². The highest BCUT2D eigenvalue weighted by Gasteiger charge is 2.47. The van der Waals surface area contributed by atoms with E-state index in [1.807, 2.05) is 23.1 Å². The second-order valence-corrected chi connectivity index (χ2v) is 7.57. The lowest BCUT2D eigenvalue weighted by Gasteiger charge is -2.31. The molecule has 1 amide bonds. The molecule has 2 aliphatic heterocycles. The third-order valence-corrected chi connectivity index (χ3v) is 5.39. The number of carbonyl (C=O) groups excluding carboxylic acids is 1. The normalized spacial score (nSPS) is 22.9. The summed E-state index contributed by atoms with van der Waals surface area (Å²) in [5.74, 6) is -2.78. The Morgan fingerprint density at radius 2 is 2.10 bits per heavy atom. The van der Waals surface area contributed by atoms with Gasteiger partial charge in [0, 0.05) is 18.2 Å². The van der Waals surface area contributed by atoms with Crippen molar-refractivity contribution in [3.8, 4) is 0 Å². The van der Waals surface area contributed by atoms with Crippen LogP contribution in [0, 0.1) is 0 Å². The van der Waals surface area contributed by atoms with Crippen LogP contribution in [0.1, 0.15) is 29.0 Å². The number of nitrogens with zero attached hydrogens (tertiary/aromatic N) is 3. The first-order chi connectivity index (χ1) is 14.8. The molecule has 4 heterocycles. The summed E-state index contributed by atoms with van der Waals surface area (Å²) in [5.41, 5.74) is 3.08. The Hall–Kier alpha value is -2.57. The van der Waals surface area contributed by atoms with Gasteiger partial charge in [-0.3, -0.25) is 9.78 Å². The van der Waals surface area contributed by atoms with E-state index in [0.29, 0.717) is 18.8 Å². The van der Waals surface area contributed by atoms with E-state index in [0.717, 1.165) is 25.1 Å². The van der Waals surface area contributed by atoms with Gasteiger partial charge in [-0.25, -0.2) is 9.78 Å². The molecule has 0 spiro atoms. The number of carboxylic acid groups (broad SMARTS) is 1. The number of pyridine rings is 1. The van der Waals surface area contributed by atoms with E-state index in [4.69, 9.17) is 19.4 Å². The zero-order valence-corrected chi connectivity index (χ0v) is 17.0. The van der Waals surface area contributed by atoms with Gasteiger partial charge in [0.05, 0.1) is 30.4 Å². The van der Waals surface area contributed by atoms with Gasteiger partial charge in [-0.15, -0.1) is 11.3 Å². The Balaban J connectivity index is 0.000000339. The van der Waals surface area contributed by atoms with Crippen molar-refractivity contribution in [1.29, 1.82) is 0 Å². The zero-order valence-electron chi connectivity index (χ0n) is 16.2. The van der Waals surface area contributed by atoms with E-state index in [1.54, 1.807) is 17.1 Å². The fourth-order valence-electron chi connectivity index (χ4n) is 3.43. The molecule has 8 nitrogen and oxygen atoms in total. The van der Waals surface area contributed by atoms with E-state index in [-0.39, 0.29) is 24.2 Å². The number of aliphatic carboxylic acids is 1. The topological polar surface area (TPSA) is 102 Å². The van der Waals surface area contributed by atoms with Crippen LogP contribution < -0.4 is 0 Å². The van der Waals surface area contributed by atoms with Crippen LogP contribution in [0.3, 0.4) is 0 Å². The number of hydrogen-bond donors (Lipinski definition) is 1. The molecule has 168 valence electrons. The van der Waals surface area contributed by atoms with Crippen molar-refractivity contribution in [2.24, 2.45) is 0 Å². The molecule has 31 heavy (non-hydrogen) atoms. The Morgan fingerprint density at radius 1 is 1.32 bits per heavy atom. The number of fused-ring (bicyclic) bond motifs is 1. The predicted molar refractivity (Wildman–Crippen MR) is 102 cm³/mol. The number of thiazole rings is 1. The number of ether oxygens (including phenoxy) is 2. The maximum absolute atomic E-state index is 12.7. The van der Waals surface area contributed by atoms with Crippen LogP contribution in [0.25, 0.3) is 0 Å².